The van der Waals surface area contributed by atoms with Crippen molar-refractivity contribution < 1.29 is 14.4 Å². The lowest BCUT2D eigenvalue weighted by atomic mass is 10.0. The highest BCUT2D eigenvalue weighted by Crippen LogP contribution is 2.37. The molecule has 0 amide bonds. The molecule has 7 nitrogen and oxygen atoms in total. The summed E-state index contributed by atoms with van der Waals surface area (Å²) < 4.78 is 7.64. The fourth-order valence-corrected chi connectivity index (χ4v) is 4.00. The van der Waals surface area contributed by atoms with E-state index < -0.39 is 5.97 Å². The Hall–Kier alpha value is -3.48. The van der Waals surface area contributed by atoms with Crippen LogP contribution in [0, 0.1) is 6.92 Å². The van der Waals surface area contributed by atoms with Gasteiger partial charge in [-0.1, -0.05) is 5.16 Å². The van der Waals surface area contributed by atoms with E-state index in [1.54, 1.807) is 12.4 Å². The monoisotopic (exact) mass is 374 g/mol. The van der Waals surface area contributed by atoms with Crippen molar-refractivity contribution in [1.29, 1.82) is 0 Å². The molecule has 140 valence electrons. The first-order chi connectivity index (χ1) is 13.6. The van der Waals surface area contributed by atoms with Crippen molar-refractivity contribution >= 4 is 16.9 Å². The maximum Gasteiger partial charge on any atom is 0.304 e. The second-order valence-corrected chi connectivity index (χ2v) is 7.25. The van der Waals surface area contributed by atoms with Gasteiger partial charge < -0.3 is 14.2 Å². The van der Waals surface area contributed by atoms with E-state index in [4.69, 9.17) is 9.63 Å². The zero-order chi connectivity index (χ0) is 19.3. The predicted octanol–water partition coefficient (Wildman–Crippen LogP) is 4.02. The molecule has 0 spiro atoms. The van der Waals surface area contributed by atoms with Crippen molar-refractivity contribution in [2.45, 2.75) is 32.2 Å². The summed E-state index contributed by atoms with van der Waals surface area (Å²) in [5.41, 5.74) is 4.88. The third kappa shape index (κ3) is 2.76. The molecule has 0 unspecified atom stereocenters. The van der Waals surface area contributed by atoms with Crippen molar-refractivity contribution in [1.82, 2.24) is 19.7 Å². The van der Waals surface area contributed by atoms with Crippen LogP contribution >= 0.6 is 0 Å². The minimum atomic E-state index is -0.755. The van der Waals surface area contributed by atoms with Gasteiger partial charge in [0.2, 0.25) is 5.82 Å². The number of rotatable bonds is 4. The number of aromatic nitrogens is 4. The van der Waals surface area contributed by atoms with Crippen LogP contribution in [0.2, 0.25) is 0 Å². The van der Waals surface area contributed by atoms with E-state index in [1.165, 1.54) is 0 Å². The third-order valence-corrected chi connectivity index (χ3v) is 5.28. The second kappa shape index (κ2) is 6.30. The summed E-state index contributed by atoms with van der Waals surface area (Å²) >= 11 is 0. The first kappa shape index (κ1) is 16.7. The molecular weight excluding hydrogens is 356 g/mol. The molecule has 0 fully saturated rings. The summed E-state index contributed by atoms with van der Waals surface area (Å²) in [7, 11) is 0. The Morgan fingerprint density at radius 3 is 2.96 bits per heavy atom. The summed E-state index contributed by atoms with van der Waals surface area (Å²) in [6.45, 7) is 2.81. The number of carboxylic acid groups (broad SMARTS) is 1. The first-order valence-electron chi connectivity index (χ1n) is 9.19. The number of hydrogen-bond acceptors (Lipinski definition) is 5. The van der Waals surface area contributed by atoms with E-state index in [2.05, 4.69) is 25.8 Å². The zero-order valence-electron chi connectivity index (χ0n) is 15.3. The number of aliphatic carboxylic acids is 1. The molecular formula is C21H18N4O3. The van der Waals surface area contributed by atoms with Gasteiger partial charge in [-0.15, -0.1) is 0 Å². The normalized spacial score (nSPS) is 15.8. The van der Waals surface area contributed by atoms with Crippen LogP contribution in [0.1, 0.15) is 30.0 Å². The Morgan fingerprint density at radius 2 is 2.14 bits per heavy atom. The summed E-state index contributed by atoms with van der Waals surface area (Å²) in [6.07, 6.45) is 4.52. The molecule has 1 aliphatic rings. The third-order valence-electron chi connectivity index (χ3n) is 5.28. The van der Waals surface area contributed by atoms with Crippen LogP contribution in [-0.4, -0.2) is 30.8 Å². The number of benzene rings is 1. The number of pyridine rings is 1. The topological polar surface area (TPSA) is 94.0 Å². The fourth-order valence-electron chi connectivity index (χ4n) is 4.00. The van der Waals surface area contributed by atoms with Gasteiger partial charge in [0.15, 0.2) is 0 Å². The van der Waals surface area contributed by atoms with Gasteiger partial charge in [-0.05, 0) is 49.2 Å². The Morgan fingerprint density at radius 1 is 1.25 bits per heavy atom. The Bertz CT molecular complexity index is 1210. The van der Waals surface area contributed by atoms with Crippen LogP contribution in [-0.2, 0) is 11.3 Å². The Labute approximate surface area is 160 Å². The molecule has 0 radical (unpaired) electrons. The minimum Gasteiger partial charge on any atom is -0.481 e. The highest BCUT2D eigenvalue weighted by molar-refractivity contribution is 5.86. The number of hydrogen-bond donors (Lipinski definition) is 1. The number of carboxylic acids is 1. The van der Waals surface area contributed by atoms with Gasteiger partial charge in [0, 0.05) is 47.0 Å². The van der Waals surface area contributed by atoms with Gasteiger partial charge in [0.1, 0.15) is 0 Å². The first-order valence-corrected chi connectivity index (χ1v) is 9.19. The molecule has 7 heteroatoms. The largest absolute Gasteiger partial charge is 0.481 e. The molecule has 4 aromatic rings. The van der Waals surface area contributed by atoms with Gasteiger partial charge in [0.25, 0.3) is 5.89 Å². The lowest BCUT2D eigenvalue weighted by Crippen LogP contribution is -2.02. The van der Waals surface area contributed by atoms with E-state index in [0.29, 0.717) is 11.7 Å². The Balaban J connectivity index is 1.50. The summed E-state index contributed by atoms with van der Waals surface area (Å²) in [5.74, 6) is 0.271. The van der Waals surface area contributed by atoms with E-state index in [1.807, 2.05) is 31.2 Å². The zero-order valence-corrected chi connectivity index (χ0v) is 15.3. The van der Waals surface area contributed by atoms with Crippen molar-refractivity contribution in [3.63, 3.8) is 0 Å². The Kier molecular flexibility index (Phi) is 3.75. The molecule has 0 bridgehead atoms. The van der Waals surface area contributed by atoms with Gasteiger partial charge in [0.05, 0.1) is 12.0 Å². The standard InChI is InChI=1S/C21H18N4O3/c1-12-6-16(11-22-10-12)21-23-20(24-28-21)14-2-3-17-15(7-14)8-18-13(9-19(26)27)4-5-25(17)18/h2-3,6-8,10-11,13H,4-5,9H2,1H3,(H,26,27)/t13-/m1/s1. The number of carbonyl (C=O) groups is 1. The minimum absolute atomic E-state index is 0.0685. The lowest BCUT2D eigenvalue weighted by molar-refractivity contribution is -0.137. The average Bonchev–Trinajstić information content (AvgIpc) is 3.37. The smallest absolute Gasteiger partial charge is 0.304 e. The molecule has 4 heterocycles. The SMILES string of the molecule is Cc1cncc(-c2nc(-c3ccc4c(c3)cc3n4CC[C@@H]3CC(=O)O)no2)c1. The molecule has 1 aliphatic heterocycles. The van der Waals surface area contributed by atoms with Crippen molar-refractivity contribution in [3.8, 4) is 22.8 Å². The lowest BCUT2D eigenvalue weighted by Gasteiger charge is -2.04. The van der Waals surface area contributed by atoms with Crippen LogP contribution < -0.4 is 0 Å². The molecule has 0 aliphatic carbocycles. The average molecular weight is 374 g/mol. The van der Waals surface area contributed by atoms with E-state index >= 15 is 0 Å². The fraction of sp³-hybridized carbons (Fsp3) is 0.238. The van der Waals surface area contributed by atoms with Gasteiger partial charge >= 0.3 is 5.97 Å². The second-order valence-electron chi connectivity index (χ2n) is 7.25. The van der Waals surface area contributed by atoms with Gasteiger partial charge in [-0.2, -0.15) is 4.98 Å². The van der Waals surface area contributed by atoms with Crippen molar-refractivity contribution in [2.75, 3.05) is 0 Å². The van der Waals surface area contributed by atoms with Crippen LogP contribution in [0.3, 0.4) is 0 Å². The van der Waals surface area contributed by atoms with E-state index in [9.17, 15) is 4.79 Å². The summed E-state index contributed by atoms with van der Waals surface area (Å²) in [6, 6.07) is 10.1. The van der Waals surface area contributed by atoms with Crippen LogP contribution in [0.25, 0.3) is 33.7 Å². The van der Waals surface area contributed by atoms with E-state index in [0.717, 1.165) is 46.3 Å². The number of aryl methyl sites for hydroxylation is 2. The summed E-state index contributed by atoms with van der Waals surface area (Å²) in [5, 5.41) is 14.3. The molecule has 28 heavy (non-hydrogen) atoms. The number of nitrogens with zero attached hydrogens (tertiary/aromatic N) is 4. The van der Waals surface area contributed by atoms with Crippen molar-refractivity contribution in [3.05, 3.63) is 54.0 Å². The quantitative estimate of drug-likeness (QED) is 0.580. The highest BCUT2D eigenvalue weighted by atomic mass is 16.5. The molecule has 0 saturated carbocycles. The molecule has 1 atom stereocenters. The molecule has 0 saturated heterocycles. The molecule has 1 N–H and O–H groups in total. The highest BCUT2D eigenvalue weighted by Gasteiger charge is 2.26. The van der Waals surface area contributed by atoms with Crippen LogP contribution in [0.15, 0.2) is 47.2 Å². The van der Waals surface area contributed by atoms with Crippen LogP contribution in [0.4, 0.5) is 0 Å². The maximum absolute atomic E-state index is 11.1. The molecule has 5 rings (SSSR count). The van der Waals surface area contributed by atoms with Crippen molar-refractivity contribution in [2.24, 2.45) is 0 Å². The van der Waals surface area contributed by atoms with Crippen LogP contribution in [0.5, 0.6) is 0 Å². The molecule has 3 aromatic heterocycles. The summed E-state index contributed by atoms with van der Waals surface area (Å²) in [4.78, 5) is 19.8. The van der Waals surface area contributed by atoms with E-state index in [-0.39, 0.29) is 12.3 Å². The van der Waals surface area contributed by atoms with Gasteiger partial charge in [-0.3, -0.25) is 9.78 Å². The van der Waals surface area contributed by atoms with Gasteiger partial charge in [-0.25, -0.2) is 0 Å². The predicted molar refractivity (Wildman–Crippen MR) is 103 cm³/mol. The molecule has 1 aromatic carbocycles. The number of fused-ring (bicyclic) bond motifs is 3. The maximum atomic E-state index is 11.1.